The highest BCUT2D eigenvalue weighted by atomic mass is 19.1. The summed E-state index contributed by atoms with van der Waals surface area (Å²) in [6, 6.07) is 50.9. The van der Waals surface area contributed by atoms with Crippen LogP contribution in [-0.4, -0.2) is 0 Å². The van der Waals surface area contributed by atoms with Crippen LogP contribution in [0.25, 0.3) is 6.08 Å². The number of halogens is 4. The van der Waals surface area contributed by atoms with Crippen LogP contribution in [0.4, 0.5) is 17.6 Å². The molecule has 4 heteroatoms. The van der Waals surface area contributed by atoms with Gasteiger partial charge in [-0.25, -0.2) is 17.6 Å². The molecule has 250 valence electrons. The maximum atomic E-state index is 13.9. The summed E-state index contributed by atoms with van der Waals surface area (Å²) in [6.07, 6.45) is 1.82. The zero-order valence-corrected chi connectivity index (χ0v) is 27.7. The molecular weight excluding hydrogens is 641 g/mol. The second-order valence-corrected chi connectivity index (χ2v) is 12.7. The van der Waals surface area contributed by atoms with Gasteiger partial charge in [0, 0.05) is 17.8 Å². The predicted octanol–water partition coefficient (Wildman–Crippen LogP) is 12.4. The van der Waals surface area contributed by atoms with E-state index in [1.54, 1.807) is 48.5 Å². The summed E-state index contributed by atoms with van der Waals surface area (Å²) in [5, 5.41) is 0. The van der Waals surface area contributed by atoms with Crippen LogP contribution in [0.1, 0.15) is 73.4 Å². The van der Waals surface area contributed by atoms with Gasteiger partial charge in [-0.3, -0.25) is 0 Å². The summed E-state index contributed by atoms with van der Waals surface area (Å²) in [7, 11) is 0. The lowest BCUT2D eigenvalue weighted by molar-refractivity contribution is 0.625. The molecule has 0 nitrogen and oxygen atoms in total. The highest BCUT2D eigenvalue weighted by Crippen LogP contribution is 2.38. The Morgan fingerprint density at radius 3 is 0.608 bits per heavy atom. The van der Waals surface area contributed by atoms with Gasteiger partial charge in [0.2, 0.25) is 0 Å². The summed E-state index contributed by atoms with van der Waals surface area (Å²) in [5.74, 6) is -1.82. The van der Waals surface area contributed by atoms with E-state index in [0.29, 0.717) is 0 Å². The maximum absolute atomic E-state index is 13.9. The van der Waals surface area contributed by atoms with E-state index in [1.165, 1.54) is 48.5 Å². The van der Waals surface area contributed by atoms with E-state index in [1.807, 2.05) is 6.08 Å². The van der Waals surface area contributed by atoms with Gasteiger partial charge in [0.25, 0.3) is 0 Å². The molecule has 0 aliphatic heterocycles. The van der Waals surface area contributed by atoms with Gasteiger partial charge < -0.3 is 0 Å². The molecule has 51 heavy (non-hydrogen) atoms. The van der Waals surface area contributed by atoms with Crippen molar-refractivity contribution in [1.29, 1.82) is 0 Å². The number of rotatable bonds is 10. The Hall–Kier alpha value is -6.00. The fraction of sp³-hybridized carbons (Fsp3) is 0.0638. The van der Waals surface area contributed by atoms with E-state index in [0.717, 1.165) is 55.6 Å². The van der Waals surface area contributed by atoms with Gasteiger partial charge >= 0.3 is 0 Å². The van der Waals surface area contributed by atoms with Crippen molar-refractivity contribution in [3.63, 3.8) is 0 Å². The summed E-state index contributed by atoms with van der Waals surface area (Å²) < 4.78 is 55.6. The van der Waals surface area contributed by atoms with E-state index in [2.05, 4.69) is 79.4 Å². The van der Waals surface area contributed by atoms with Gasteiger partial charge in [-0.1, -0.05) is 134 Å². The Balaban J connectivity index is 1.28. The lowest BCUT2D eigenvalue weighted by Crippen LogP contribution is -2.08. The molecule has 0 N–H and O–H groups in total. The quantitative estimate of drug-likeness (QED) is 0.100. The van der Waals surface area contributed by atoms with Crippen molar-refractivity contribution < 1.29 is 17.6 Å². The lowest BCUT2D eigenvalue weighted by Gasteiger charge is -2.23. The number of hydrogen-bond donors (Lipinski definition) is 0. The predicted molar refractivity (Wildman–Crippen MR) is 198 cm³/mol. The van der Waals surface area contributed by atoms with Crippen LogP contribution in [0, 0.1) is 23.3 Å². The molecule has 0 aliphatic rings. The molecule has 0 radical (unpaired) electrons. The monoisotopic (exact) mass is 674 g/mol. The van der Waals surface area contributed by atoms with Crippen LogP contribution in [0.3, 0.4) is 0 Å². The Kier molecular flexibility index (Phi) is 9.76. The molecule has 0 aliphatic carbocycles. The maximum Gasteiger partial charge on any atom is 0.123 e. The van der Waals surface area contributed by atoms with Gasteiger partial charge in [-0.05, 0) is 104 Å². The second-order valence-electron chi connectivity index (χ2n) is 12.7. The van der Waals surface area contributed by atoms with Crippen LogP contribution >= 0.6 is 0 Å². The average molecular weight is 675 g/mol. The fourth-order valence-electron chi connectivity index (χ4n) is 6.94. The standard InChI is InChI=1S/C47H34F4/c1-2-31-3-5-32(6-4-31)45(33-7-11-35(12-8-33)46(37-15-23-41(48)24-16-37)38-17-25-42(49)26-18-38)34-9-13-36(14-10-34)47(39-19-27-43(50)28-20-39)40-21-29-44(51)30-22-40/h2-30,45-47H,1H2. The minimum absolute atomic E-state index is 0.114. The Morgan fingerprint density at radius 1 is 0.275 bits per heavy atom. The minimum atomic E-state index is -0.315. The van der Waals surface area contributed by atoms with Crippen LogP contribution in [-0.2, 0) is 0 Å². The first-order valence-electron chi connectivity index (χ1n) is 16.8. The zero-order chi connectivity index (χ0) is 35.3. The molecule has 7 rings (SSSR count). The fourth-order valence-corrected chi connectivity index (χ4v) is 6.94. The molecule has 0 heterocycles. The molecule has 0 amide bonds. The molecule has 0 saturated carbocycles. The van der Waals surface area contributed by atoms with E-state index in [4.69, 9.17) is 0 Å². The second kappa shape index (κ2) is 14.9. The lowest BCUT2D eigenvalue weighted by atomic mass is 9.80. The summed E-state index contributed by atoms with van der Waals surface area (Å²) >= 11 is 0. The third-order valence-electron chi connectivity index (χ3n) is 9.53. The smallest absolute Gasteiger partial charge is 0.123 e. The van der Waals surface area contributed by atoms with Crippen LogP contribution in [0.15, 0.2) is 176 Å². The van der Waals surface area contributed by atoms with Crippen molar-refractivity contribution in [3.8, 4) is 0 Å². The molecule has 0 unspecified atom stereocenters. The van der Waals surface area contributed by atoms with E-state index >= 15 is 0 Å². The third kappa shape index (κ3) is 7.46. The molecule has 0 aromatic heterocycles. The molecule has 0 saturated heterocycles. The SMILES string of the molecule is C=Cc1ccc(C(c2ccc(C(c3ccc(F)cc3)c3ccc(F)cc3)cc2)c2ccc(C(c3ccc(F)cc3)c3ccc(F)cc3)cc2)cc1. The third-order valence-corrected chi connectivity index (χ3v) is 9.53. The summed E-state index contributed by atoms with van der Waals surface area (Å²) in [6.45, 7) is 3.91. The van der Waals surface area contributed by atoms with E-state index < -0.39 is 0 Å². The largest absolute Gasteiger partial charge is 0.207 e. The Labute approximate surface area is 296 Å². The molecule has 0 bridgehead atoms. The Bertz CT molecular complexity index is 1970. The first kappa shape index (κ1) is 33.5. The van der Waals surface area contributed by atoms with Crippen molar-refractivity contribution in [2.45, 2.75) is 17.8 Å². The topological polar surface area (TPSA) is 0 Å². The molecule has 7 aromatic carbocycles. The first-order chi connectivity index (χ1) is 24.9. The Morgan fingerprint density at radius 2 is 0.431 bits per heavy atom. The van der Waals surface area contributed by atoms with Gasteiger partial charge in [0.05, 0.1) is 0 Å². The molecule has 0 fully saturated rings. The number of benzene rings is 7. The highest BCUT2D eigenvalue weighted by Gasteiger charge is 2.22. The first-order valence-corrected chi connectivity index (χ1v) is 16.8. The van der Waals surface area contributed by atoms with Crippen molar-refractivity contribution in [1.82, 2.24) is 0 Å². The summed E-state index contributed by atoms with van der Waals surface area (Å²) in [5.41, 5.74) is 9.87. The van der Waals surface area contributed by atoms with Crippen molar-refractivity contribution in [3.05, 3.63) is 255 Å². The molecule has 0 spiro atoms. The van der Waals surface area contributed by atoms with E-state index in [9.17, 15) is 17.6 Å². The van der Waals surface area contributed by atoms with Crippen molar-refractivity contribution >= 4 is 6.08 Å². The normalized spacial score (nSPS) is 11.4. The molecular formula is C47H34F4. The average Bonchev–Trinajstić information content (AvgIpc) is 3.16. The van der Waals surface area contributed by atoms with E-state index in [-0.39, 0.29) is 41.0 Å². The van der Waals surface area contributed by atoms with Crippen LogP contribution in [0.2, 0.25) is 0 Å². The van der Waals surface area contributed by atoms with Crippen molar-refractivity contribution in [2.75, 3.05) is 0 Å². The van der Waals surface area contributed by atoms with Crippen LogP contribution in [0.5, 0.6) is 0 Å². The van der Waals surface area contributed by atoms with Gasteiger partial charge in [0.15, 0.2) is 0 Å². The number of hydrogen-bond acceptors (Lipinski definition) is 0. The molecule has 0 atom stereocenters. The van der Waals surface area contributed by atoms with Gasteiger partial charge in [-0.15, -0.1) is 0 Å². The minimum Gasteiger partial charge on any atom is -0.207 e. The van der Waals surface area contributed by atoms with Crippen molar-refractivity contribution in [2.24, 2.45) is 0 Å². The van der Waals surface area contributed by atoms with Crippen LogP contribution < -0.4 is 0 Å². The molecule has 7 aromatic rings. The summed E-state index contributed by atoms with van der Waals surface area (Å²) in [4.78, 5) is 0. The zero-order valence-electron chi connectivity index (χ0n) is 27.7. The van der Waals surface area contributed by atoms with Gasteiger partial charge in [0.1, 0.15) is 23.3 Å². The highest BCUT2D eigenvalue weighted by molar-refractivity contribution is 5.53. The van der Waals surface area contributed by atoms with Gasteiger partial charge in [-0.2, -0.15) is 0 Å².